The van der Waals surface area contributed by atoms with Gasteiger partial charge in [-0.25, -0.2) is 4.79 Å². The first-order valence-electron chi connectivity index (χ1n) is 8.39. The third-order valence-electron chi connectivity index (χ3n) is 5.02. The number of nitrogens with zero attached hydrogens (tertiary/aromatic N) is 1. The zero-order valence-electron chi connectivity index (χ0n) is 14.0. The second-order valence-electron chi connectivity index (χ2n) is 6.71. The molecule has 2 atom stereocenters. The number of aromatic carboxylic acids is 1. The number of carboxylic acid groups (broad SMARTS) is 2. The molecule has 27 heavy (non-hydrogen) atoms. The fourth-order valence-electron chi connectivity index (χ4n) is 3.71. The summed E-state index contributed by atoms with van der Waals surface area (Å²) in [7, 11) is 0. The Bertz CT molecular complexity index is 1090. The molecule has 1 heterocycles. The van der Waals surface area contributed by atoms with Crippen LogP contribution in [0, 0.1) is 5.92 Å². The fraction of sp³-hybridized carbons (Fsp3) is 0.200. The summed E-state index contributed by atoms with van der Waals surface area (Å²) in [5.41, 5.74) is 2.30. The van der Waals surface area contributed by atoms with E-state index in [-0.39, 0.29) is 11.6 Å². The van der Waals surface area contributed by atoms with Crippen LogP contribution in [0.4, 0.5) is 0 Å². The molecule has 0 spiro atoms. The van der Waals surface area contributed by atoms with Gasteiger partial charge in [0.25, 0.3) is 0 Å². The Morgan fingerprint density at radius 2 is 1.81 bits per heavy atom. The van der Waals surface area contributed by atoms with Crippen molar-refractivity contribution >= 4 is 46.0 Å². The van der Waals surface area contributed by atoms with Gasteiger partial charge in [0.15, 0.2) is 0 Å². The molecule has 1 aromatic heterocycles. The molecule has 1 saturated carbocycles. The first-order valence-corrected chi connectivity index (χ1v) is 9.15. The smallest absolute Gasteiger partial charge is 0.352 e. The molecular weight excluding hydrogens is 389 g/mol. The second-order valence-corrected chi connectivity index (χ2v) is 7.52. The largest absolute Gasteiger partial charge is 0.481 e. The highest BCUT2D eigenvalue weighted by Crippen LogP contribution is 2.51. The van der Waals surface area contributed by atoms with Gasteiger partial charge in [-0.15, -0.1) is 0 Å². The van der Waals surface area contributed by atoms with E-state index in [0.29, 0.717) is 28.6 Å². The molecule has 0 radical (unpaired) electrons. The van der Waals surface area contributed by atoms with Crippen LogP contribution in [0.15, 0.2) is 42.5 Å². The summed E-state index contributed by atoms with van der Waals surface area (Å²) in [6.07, 6.45) is 0.455. The number of aliphatic carboxylic acids is 1. The first-order chi connectivity index (χ1) is 12.9. The molecule has 2 N–H and O–H groups in total. The Labute approximate surface area is 164 Å². The van der Waals surface area contributed by atoms with E-state index in [1.165, 1.54) is 0 Å². The lowest BCUT2D eigenvalue weighted by Gasteiger charge is -2.10. The molecule has 1 aliphatic rings. The average Bonchev–Trinajstić information content (AvgIpc) is 3.35. The van der Waals surface area contributed by atoms with Gasteiger partial charge in [-0.2, -0.15) is 0 Å². The van der Waals surface area contributed by atoms with Crippen LogP contribution in [-0.2, 0) is 11.3 Å². The molecule has 4 rings (SSSR count). The standard InChI is InChI=1S/C20H15Cl2NO4/c21-14-6-5-10(7-15(14)22)9-23-16-4-2-1-3-11(16)17(18(23)20(26)27)12-8-13(12)19(24)25/h1-7,12-13H,8-9H2,(H,24,25)(H,26,27). The van der Waals surface area contributed by atoms with Crippen molar-refractivity contribution in [3.63, 3.8) is 0 Å². The van der Waals surface area contributed by atoms with Crippen molar-refractivity contribution < 1.29 is 19.8 Å². The fourth-order valence-corrected chi connectivity index (χ4v) is 4.03. The Kier molecular flexibility index (Phi) is 4.36. The molecule has 5 nitrogen and oxygen atoms in total. The van der Waals surface area contributed by atoms with E-state index in [4.69, 9.17) is 23.2 Å². The van der Waals surface area contributed by atoms with E-state index in [9.17, 15) is 19.8 Å². The average molecular weight is 404 g/mol. The Morgan fingerprint density at radius 1 is 1.07 bits per heavy atom. The van der Waals surface area contributed by atoms with Crippen LogP contribution >= 0.6 is 23.2 Å². The van der Waals surface area contributed by atoms with Crippen molar-refractivity contribution in [2.75, 3.05) is 0 Å². The van der Waals surface area contributed by atoms with Gasteiger partial charge in [0.05, 0.1) is 16.0 Å². The lowest BCUT2D eigenvalue weighted by Crippen LogP contribution is -2.12. The predicted octanol–water partition coefficient (Wildman–Crippen LogP) is 4.88. The molecule has 0 aliphatic heterocycles. The number of fused-ring (bicyclic) bond motifs is 1. The normalized spacial score (nSPS) is 18.6. The Hall–Kier alpha value is -2.50. The van der Waals surface area contributed by atoms with Crippen molar-refractivity contribution in [2.45, 2.75) is 18.9 Å². The van der Waals surface area contributed by atoms with Crippen LogP contribution in [0.5, 0.6) is 0 Å². The number of hydrogen-bond donors (Lipinski definition) is 2. The maximum Gasteiger partial charge on any atom is 0.352 e. The SMILES string of the molecule is O=C(O)c1c(C2CC2C(=O)O)c2ccccc2n1Cc1ccc(Cl)c(Cl)c1. The van der Waals surface area contributed by atoms with Gasteiger partial charge in [0.2, 0.25) is 0 Å². The summed E-state index contributed by atoms with van der Waals surface area (Å²) >= 11 is 12.1. The molecule has 0 amide bonds. The van der Waals surface area contributed by atoms with E-state index in [1.807, 2.05) is 24.3 Å². The predicted molar refractivity (Wildman–Crippen MR) is 103 cm³/mol. The molecule has 7 heteroatoms. The van der Waals surface area contributed by atoms with Crippen LogP contribution < -0.4 is 0 Å². The van der Waals surface area contributed by atoms with Crippen LogP contribution in [0.2, 0.25) is 10.0 Å². The zero-order valence-corrected chi connectivity index (χ0v) is 15.5. The number of halogens is 2. The Morgan fingerprint density at radius 3 is 2.44 bits per heavy atom. The lowest BCUT2D eigenvalue weighted by molar-refractivity contribution is -0.138. The quantitative estimate of drug-likeness (QED) is 0.635. The van der Waals surface area contributed by atoms with Gasteiger partial charge in [0.1, 0.15) is 5.69 Å². The summed E-state index contributed by atoms with van der Waals surface area (Å²) in [5, 5.41) is 20.8. The van der Waals surface area contributed by atoms with E-state index < -0.39 is 17.9 Å². The molecule has 0 bridgehead atoms. The molecule has 3 aromatic rings. The van der Waals surface area contributed by atoms with Gasteiger partial charge in [-0.1, -0.05) is 47.5 Å². The highest BCUT2D eigenvalue weighted by molar-refractivity contribution is 6.42. The van der Waals surface area contributed by atoms with Crippen molar-refractivity contribution in [3.05, 3.63) is 69.3 Å². The molecular formula is C20H15Cl2NO4. The summed E-state index contributed by atoms with van der Waals surface area (Å²) in [4.78, 5) is 23.5. The van der Waals surface area contributed by atoms with Gasteiger partial charge in [-0.05, 0) is 35.7 Å². The van der Waals surface area contributed by atoms with E-state index in [2.05, 4.69) is 0 Å². The maximum atomic E-state index is 12.1. The highest BCUT2D eigenvalue weighted by atomic mass is 35.5. The van der Waals surface area contributed by atoms with Gasteiger partial charge in [0, 0.05) is 23.4 Å². The van der Waals surface area contributed by atoms with Crippen LogP contribution in [0.3, 0.4) is 0 Å². The molecule has 1 fully saturated rings. The minimum absolute atomic E-state index is 0.135. The highest BCUT2D eigenvalue weighted by Gasteiger charge is 2.47. The number of carboxylic acids is 2. The van der Waals surface area contributed by atoms with Crippen LogP contribution in [0.25, 0.3) is 10.9 Å². The zero-order chi connectivity index (χ0) is 19.3. The summed E-state index contributed by atoms with van der Waals surface area (Å²) in [5.74, 6) is -2.78. The topological polar surface area (TPSA) is 79.5 Å². The summed E-state index contributed by atoms with van der Waals surface area (Å²) in [6.45, 7) is 0.295. The van der Waals surface area contributed by atoms with E-state index in [1.54, 1.807) is 22.8 Å². The molecule has 138 valence electrons. The van der Waals surface area contributed by atoms with Crippen molar-refractivity contribution in [3.8, 4) is 0 Å². The van der Waals surface area contributed by atoms with Crippen molar-refractivity contribution in [2.24, 2.45) is 5.92 Å². The van der Waals surface area contributed by atoms with Crippen molar-refractivity contribution in [1.82, 2.24) is 4.57 Å². The molecule has 2 unspecified atom stereocenters. The number of benzene rings is 2. The monoisotopic (exact) mass is 403 g/mol. The summed E-state index contributed by atoms with van der Waals surface area (Å²) in [6, 6.07) is 12.5. The van der Waals surface area contributed by atoms with Crippen molar-refractivity contribution in [1.29, 1.82) is 0 Å². The van der Waals surface area contributed by atoms with E-state index in [0.717, 1.165) is 16.5 Å². The van der Waals surface area contributed by atoms with Gasteiger partial charge < -0.3 is 14.8 Å². The number of rotatable bonds is 5. The third-order valence-corrected chi connectivity index (χ3v) is 5.75. The van der Waals surface area contributed by atoms with Gasteiger partial charge >= 0.3 is 11.9 Å². The number of para-hydroxylation sites is 1. The number of aromatic nitrogens is 1. The second kappa shape index (κ2) is 6.59. The van der Waals surface area contributed by atoms with Crippen LogP contribution in [-0.4, -0.2) is 26.7 Å². The molecule has 0 saturated heterocycles. The minimum Gasteiger partial charge on any atom is -0.481 e. The summed E-state index contributed by atoms with van der Waals surface area (Å²) < 4.78 is 1.71. The van der Waals surface area contributed by atoms with Gasteiger partial charge in [-0.3, -0.25) is 4.79 Å². The lowest BCUT2D eigenvalue weighted by atomic mass is 10.0. The minimum atomic E-state index is -1.07. The first kappa shape index (κ1) is 17.9. The van der Waals surface area contributed by atoms with Crippen LogP contribution in [0.1, 0.15) is 34.0 Å². The Balaban J connectivity index is 1.89. The molecule has 2 aromatic carbocycles. The van der Waals surface area contributed by atoms with E-state index >= 15 is 0 Å². The third kappa shape index (κ3) is 3.07. The molecule has 1 aliphatic carbocycles. The maximum absolute atomic E-state index is 12.1. The number of carbonyl (C=O) groups is 2. The number of hydrogen-bond acceptors (Lipinski definition) is 2.